The number of hydrogen-bond donors (Lipinski definition) is 1. The number of rotatable bonds is 0. The lowest BCUT2D eigenvalue weighted by molar-refractivity contribution is 0.623. The second-order valence-electron chi connectivity index (χ2n) is 1.67. The quantitative estimate of drug-likeness (QED) is 0.571. The Balaban J connectivity index is 3.31. The van der Waals surface area contributed by atoms with Crippen LogP contribution in [0.25, 0.3) is 0 Å². The normalized spacial score (nSPS) is 8.80. The molecule has 10 heavy (non-hydrogen) atoms. The molecule has 0 bridgehead atoms. The van der Waals surface area contributed by atoms with Crippen LogP contribution in [-0.4, -0.2) is 4.98 Å². The van der Waals surface area contributed by atoms with E-state index in [1.54, 1.807) is 6.07 Å². The van der Waals surface area contributed by atoms with Crippen LogP contribution < -0.4 is 5.73 Å². The Labute approximate surface area is 56.9 Å². The summed E-state index contributed by atoms with van der Waals surface area (Å²) in [5, 5.41) is 8.27. The molecule has 50 valence electrons. The zero-order valence-corrected chi connectivity index (χ0v) is 5.00. The Morgan fingerprint density at radius 1 is 1.70 bits per heavy atom. The predicted molar refractivity (Wildman–Crippen MR) is 33.3 cm³/mol. The number of pyridine rings is 1. The SMILES string of the molecule is N#Cc1ccnc(N)c1F. The van der Waals surface area contributed by atoms with Crippen LogP contribution in [0.15, 0.2) is 12.3 Å². The first kappa shape index (κ1) is 6.49. The highest BCUT2D eigenvalue weighted by molar-refractivity contribution is 5.40. The maximum atomic E-state index is 12.6. The highest BCUT2D eigenvalue weighted by Gasteiger charge is 2.03. The van der Waals surface area contributed by atoms with Crippen molar-refractivity contribution in [2.24, 2.45) is 0 Å². The van der Waals surface area contributed by atoms with Gasteiger partial charge in [0.05, 0.1) is 5.56 Å². The summed E-state index contributed by atoms with van der Waals surface area (Å²) >= 11 is 0. The molecule has 0 atom stereocenters. The third kappa shape index (κ3) is 0.890. The number of nitrogens with zero attached hydrogens (tertiary/aromatic N) is 2. The second-order valence-corrected chi connectivity index (χ2v) is 1.67. The third-order valence-electron chi connectivity index (χ3n) is 1.04. The van der Waals surface area contributed by atoms with Crippen LogP contribution in [0.2, 0.25) is 0 Å². The number of nitrogens with two attached hydrogens (primary N) is 1. The van der Waals surface area contributed by atoms with Gasteiger partial charge >= 0.3 is 0 Å². The molecule has 1 aromatic rings. The number of nitriles is 1. The minimum atomic E-state index is -0.745. The van der Waals surface area contributed by atoms with Gasteiger partial charge in [0.25, 0.3) is 0 Å². The summed E-state index contributed by atoms with van der Waals surface area (Å²) in [7, 11) is 0. The van der Waals surface area contributed by atoms with E-state index in [0.29, 0.717) is 0 Å². The summed E-state index contributed by atoms with van der Waals surface area (Å²) < 4.78 is 12.6. The van der Waals surface area contributed by atoms with Gasteiger partial charge in [0.2, 0.25) is 0 Å². The van der Waals surface area contributed by atoms with Crippen LogP contribution in [0.1, 0.15) is 5.56 Å². The minimum absolute atomic E-state index is 0.0764. The van der Waals surface area contributed by atoms with E-state index in [1.807, 2.05) is 0 Å². The zero-order valence-electron chi connectivity index (χ0n) is 5.00. The largest absolute Gasteiger partial charge is 0.381 e. The average Bonchev–Trinajstić information content (AvgIpc) is 1.95. The van der Waals surface area contributed by atoms with Gasteiger partial charge in [-0.15, -0.1) is 0 Å². The first-order valence-corrected chi connectivity index (χ1v) is 2.56. The molecule has 1 heterocycles. The van der Waals surface area contributed by atoms with E-state index in [4.69, 9.17) is 11.0 Å². The topological polar surface area (TPSA) is 62.7 Å². The van der Waals surface area contributed by atoms with Gasteiger partial charge in [-0.1, -0.05) is 0 Å². The Morgan fingerprint density at radius 2 is 2.40 bits per heavy atom. The van der Waals surface area contributed by atoms with Crippen molar-refractivity contribution >= 4 is 5.82 Å². The fourth-order valence-electron chi connectivity index (χ4n) is 0.546. The average molecular weight is 137 g/mol. The summed E-state index contributed by atoms with van der Waals surface area (Å²) in [5.74, 6) is -0.982. The maximum absolute atomic E-state index is 12.6. The highest BCUT2D eigenvalue weighted by Crippen LogP contribution is 2.09. The molecule has 1 rings (SSSR count). The van der Waals surface area contributed by atoms with E-state index in [1.165, 1.54) is 12.3 Å². The van der Waals surface area contributed by atoms with Crippen molar-refractivity contribution in [3.63, 3.8) is 0 Å². The zero-order chi connectivity index (χ0) is 7.56. The van der Waals surface area contributed by atoms with Crippen LogP contribution >= 0.6 is 0 Å². The van der Waals surface area contributed by atoms with Gasteiger partial charge in [0, 0.05) is 6.20 Å². The van der Waals surface area contributed by atoms with Crippen LogP contribution in [0.3, 0.4) is 0 Å². The van der Waals surface area contributed by atoms with Gasteiger partial charge in [-0.3, -0.25) is 0 Å². The molecule has 0 fully saturated rings. The Morgan fingerprint density at radius 3 is 2.90 bits per heavy atom. The van der Waals surface area contributed by atoms with Gasteiger partial charge < -0.3 is 5.73 Å². The molecule has 0 aliphatic carbocycles. The van der Waals surface area contributed by atoms with Crippen molar-refractivity contribution in [2.45, 2.75) is 0 Å². The van der Waals surface area contributed by atoms with Gasteiger partial charge in [0.15, 0.2) is 11.6 Å². The second kappa shape index (κ2) is 2.31. The van der Waals surface area contributed by atoms with E-state index >= 15 is 0 Å². The lowest BCUT2D eigenvalue weighted by atomic mass is 10.3. The lowest BCUT2D eigenvalue weighted by Gasteiger charge is -1.93. The van der Waals surface area contributed by atoms with Crippen molar-refractivity contribution in [3.8, 4) is 6.07 Å². The molecule has 0 unspecified atom stereocenters. The summed E-state index contributed by atoms with van der Waals surface area (Å²) in [6.07, 6.45) is 1.29. The monoisotopic (exact) mass is 137 g/mol. The standard InChI is InChI=1S/C6H4FN3/c7-5-4(3-8)1-2-10-6(5)9/h1-2H,(H2,9,10). The van der Waals surface area contributed by atoms with E-state index in [0.717, 1.165) is 0 Å². The molecule has 0 aliphatic heterocycles. The van der Waals surface area contributed by atoms with Crippen LogP contribution in [-0.2, 0) is 0 Å². The van der Waals surface area contributed by atoms with Crippen molar-refractivity contribution in [3.05, 3.63) is 23.6 Å². The van der Waals surface area contributed by atoms with Crippen molar-refractivity contribution in [2.75, 3.05) is 5.73 Å². The number of nitrogen functional groups attached to an aromatic ring is 1. The molecule has 1 aromatic heterocycles. The fourth-order valence-corrected chi connectivity index (χ4v) is 0.546. The van der Waals surface area contributed by atoms with Crippen molar-refractivity contribution in [1.82, 2.24) is 4.98 Å². The number of halogens is 1. The Hall–Kier alpha value is -1.63. The predicted octanol–water partition coefficient (Wildman–Crippen LogP) is 0.675. The van der Waals surface area contributed by atoms with Crippen molar-refractivity contribution < 1.29 is 4.39 Å². The van der Waals surface area contributed by atoms with Gasteiger partial charge in [-0.25, -0.2) is 9.37 Å². The van der Waals surface area contributed by atoms with E-state index in [9.17, 15) is 4.39 Å². The maximum Gasteiger partial charge on any atom is 0.182 e. The van der Waals surface area contributed by atoms with Gasteiger partial charge in [0.1, 0.15) is 6.07 Å². The summed E-state index contributed by atoms with van der Waals surface area (Å²) in [5.41, 5.74) is 4.98. The summed E-state index contributed by atoms with van der Waals surface area (Å²) in [6, 6.07) is 2.91. The molecular formula is C6H4FN3. The number of hydrogen-bond acceptors (Lipinski definition) is 3. The summed E-state index contributed by atoms with van der Waals surface area (Å²) in [4.78, 5) is 3.44. The van der Waals surface area contributed by atoms with E-state index in [-0.39, 0.29) is 11.4 Å². The molecule has 4 heteroatoms. The fraction of sp³-hybridized carbons (Fsp3) is 0. The lowest BCUT2D eigenvalue weighted by Crippen LogP contribution is -1.96. The molecule has 0 radical (unpaired) electrons. The molecule has 0 amide bonds. The van der Waals surface area contributed by atoms with Crippen LogP contribution in [0.5, 0.6) is 0 Å². The molecule has 0 saturated heterocycles. The van der Waals surface area contributed by atoms with E-state index < -0.39 is 5.82 Å². The van der Waals surface area contributed by atoms with Crippen LogP contribution in [0.4, 0.5) is 10.2 Å². The molecule has 0 aromatic carbocycles. The Bertz CT molecular complexity index is 290. The smallest absolute Gasteiger partial charge is 0.182 e. The van der Waals surface area contributed by atoms with Gasteiger partial charge in [-0.05, 0) is 6.07 Å². The van der Waals surface area contributed by atoms with Crippen molar-refractivity contribution in [1.29, 1.82) is 5.26 Å². The Kier molecular flexibility index (Phi) is 1.50. The molecule has 3 nitrogen and oxygen atoms in total. The highest BCUT2D eigenvalue weighted by atomic mass is 19.1. The van der Waals surface area contributed by atoms with Gasteiger partial charge in [-0.2, -0.15) is 5.26 Å². The first-order valence-electron chi connectivity index (χ1n) is 2.56. The molecular weight excluding hydrogens is 133 g/mol. The molecule has 0 saturated carbocycles. The minimum Gasteiger partial charge on any atom is -0.381 e. The first-order chi connectivity index (χ1) is 4.75. The third-order valence-corrected chi connectivity index (χ3v) is 1.04. The number of aromatic nitrogens is 1. The summed E-state index contributed by atoms with van der Waals surface area (Å²) in [6.45, 7) is 0. The molecule has 0 aliphatic rings. The van der Waals surface area contributed by atoms with E-state index in [2.05, 4.69) is 4.98 Å². The molecule has 2 N–H and O–H groups in total. The van der Waals surface area contributed by atoms with Crippen LogP contribution in [0, 0.1) is 17.1 Å². The number of anilines is 1. The molecule has 0 spiro atoms.